The van der Waals surface area contributed by atoms with Crippen LogP contribution in [0.5, 0.6) is 0 Å². The zero-order valence-corrected chi connectivity index (χ0v) is 11.2. The first-order chi connectivity index (χ1) is 7.61. The van der Waals surface area contributed by atoms with Crippen LogP contribution in [0.4, 0.5) is 0 Å². The van der Waals surface area contributed by atoms with Crippen molar-refractivity contribution < 1.29 is 4.79 Å². The van der Waals surface area contributed by atoms with Crippen LogP contribution in [0, 0.1) is 5.92 Å². The van der Waals surface area contributed by atoms with Crippen LogP contribution in [-0.4, -0.2) is 22.3 Å². The van der Waals surface area contributed by atoms with Crippen molar-refractivity contribution in [3.8, 4) is 0 Å². The highest BCUT2D eigenvalue weighted by Crippen LogP contribution is 2.11. The Morgan fingerprint density at radius 2 is 2.25 bits per heavy atom. The number of alkyl halides is 1. The lowest BCUT2D eigenvalue weighted by molar-refractivity contribution is -0.121. The standard InChI is InChI=1S/C12H17BrN2O/c1-9(2)11(13)12(16)15-8-6-10-5-3-4-7-14-10/h3-5,7,9,11H,6,8H2,1-2H3,(H,15,16). The highest BCUT2D eigenvalue weighted by molar-refractivity contribution is 9.10. The average molecular weight is 285 g/mol. The predicted molar refractivity (Wildman–Crippen MR) is 68.5 cm³/mol. The van der Waals surface area contributed by atoms with E-state index in [0.29, 0.717) is 12.5 Å². The number of rotatable bonds is 5. The molecule has 1 aromatic rings. The molecule has 0 saturated heterocycles. The number of hydrogen-bond donors (Lipinski definition) is 1. The van der Waals surface area contributed by atoms with Crippen molar-refractivity contribution in [2.45, 2.75) is 25.1 Å². The molecule has 1 N–H and O–H groups in total. The van der Waals surface area contributed by atoms with E-state index in [1.807, 2.05) is 32.0 Å². The monoisotopic (exact) mass is 284 g/mol. The van der Waals surface area contributed by atoms with E-state index in [1.54, 1.807) is 6.20 Å². The maximum atomic E-state index is 11.6. The molecule has 16 heavy (non-hydrogen) atoms. The molecule has 1 heterocycles. The van der Waals surface area contributed by atoms with E-state index in [-0.39, 0.29) is 10.7 Å². The van der Waals surface area contributed by atoms with Gasteiger partial charge in [-0.2, -0.15) is 0 Å². The third kappa shape index (κ3) is 4.31. The minimum absolute atomic E-state index is 0.0472. The summed E-state index contributed by atoms with van der Waals surface area (Å²) in [5.41, 5.74) is 0.999. The molecule has 4 heteroatoms. The minimum Gasteiger partial charge on any atom is -0.355 e. The molecule has 1 amide bonds. The van der Waals surface area contributed by atoms with Gasteiger partial charge in [0.15, 0.2) is 0 Å². The Morgan fingerprint density at radius 3 is 2.81 bits per heavy atom. The zero-order chi connectivity index (χ0) is 12.0. The number of carbonyl (C=O) groups excluding carboxylic acids is 1. The van der Waals surface area contributed by atoms with Crippen molar-refractivity contribution in [1.82, 2.24) is 10.3 Å². The maximum Gasteiger partial charge on any atom is 0.234 e. The summed E-state index contributed by atoms with van der Waals surface area (Å²) in [4.78, 5) is 15.7. The molecular weight excluding hydrogens is 268 g/mol. The molecule has 1 unspecified atom stereocenters. The second kappa shape index (κ2) is 6.63. The second-order valence-electron chi connectivity index (χ2n) is 4.01. The third-order valence-electron chi connectivity index (χ3n) is 2.24. The molecule has 1 aromatic heterocycles. The molecule has 88 valence electrons. The van der Waals surface area contributed by atoms with Gasteiger partial charge in [0.2, 0.25) is 5.91 Å². The van der Waals surface area contributed by atoms with Crippen LogP contribution in [0.3, 0.4) is 0 Å². The highest BCUT2D eigenvalue weighted by atomic mass is 79.9. The molecule has 0 saturated carbocycles. The van der Waals surface area contributed by atoms with Crippen LogP contribution in [0.15, 0.2) is 24.4 Å². The normalized spacial score (nSPS) is 12.5. The lowest BCUT2D eigenvalue weighted by Gasteiger charge is -2.13. The lowest BCUT2D eigenvalue weighted by Crippen LogP contribution is -2.35. The van der Waals surface area contributed by atoms with Gasteiger partial charge in [-0.3, -0.25) is 9.78 Å². The van der Waals surface area contributed by atoms with Crippen LogP contribution in [0.1, 0.15) is 19.5 Å². The first-order valence-electron chi connectivity index (χ1n) is 5.43. The fourth-order valence-electron chi connectivity index (χ4n) is 1.26. The van der Waals surface area contributed by atoms with Crippen LogP contribution in [-0.2, 0) is 11.2 Å². The smallest absolute Gasteiger partial charge is 0.234 e. The summed E-state index contributed by atoms with van der Waals surface area (Å²) in [5.74, 6) is 0.348. The average Bonchev–Trinajstić information content (AvgIpc) is 2.29. The molecule has 0 bridgehead atoms. The molecule has 0 fully saturated rings. The van der Waals surface area contributed by atoms with Crippen LogP contribution >= 0.6 is 15.9 Å². The van der Waals surface area contributed by atoms with E-state index < -0.39 is 0 Å². The van der Waals surface area contributed by atoms with E-state index in [2.05, 4.69) is 26.2 Å². The number of pyridine rings is 1. The summed E-state index contributed by atoms with van der Waals surface area (Å²) in [6.45, 7) is 4.65. The van der Waals surface area contributed by atoms with Crippen LogP contribution in [0.25, 0.3) is 0 Å². The first kappa shape index (κ1) is 13.2. The van der Waals surface area contributed by atoms with Crippen molar-refractivity contribution in [1.29, 1.82) is 0 Å². The summed E-state index contributed by atoms with van der Waals surface area (Å²) in [6.07, 6.45) is 2.53. The Kier molecular flexibility index (Phi) is 5.46. The number of halogens is 1. The Morgan fingerprint density at radius 1 is 1.50 bits per heavy atom. The summed E-state index contributed by atoms with van der Waals surface area (Å²) < 4.78 is 0. The number of nitrogens with zero attached hydrogens (tertiary/aromatic N) is 1. The van der Waals surface area contributed by atoms with Crippen molar-refractivity contribution in [2.24, 2.45) is 5.92 Å². The van der Waals surface area contributed by atoms with Gasteiger partial charge in [-0.05, 0) is 18.1 Å². The summed E-state index contributed by atoms with van der Waals surface area (Å²) in [6, 6.07) is 5.79. The van der Waals surface area contributed by atoms with Gasteiger partial charge in [0.1, 0.15) is 0 Å². The number of nitrogens with one attached hydrogen (secondary N) is 1. The van der Waals surface area contributed by atoms with E-state index in [1.165, 1.54) is 0 Å². The molecule has 0 aromatic carbocycles. The molecule has 1 rings (SSSR count). The largest absolute Gasteiger partial charge is 0.355 e. The fraction of sp³-hybridized carbons (Fsp3) is 0.500. The number of aromatic nitrogens is 1. The van der Waals surface area contributed by atoms with E-state index in [4.69, 9.17) is 0 Å². The van der Waals surface area contributed by atoms with Crippen LogP contribution in [0.2, 0.25) is 0 Å². The fourth-order valence-corrected chi connectivity index (χ4v) is 1.42. The van der Waals surface area contributed by atoms with Gasteiger partial charge < -0.3 is 5.32 Å². The van der Waals surface area contributed by atoms with Gasteiger partial charge in [-0.15, -0.1) is 0 Å². The van der Waals surface area contributed by atoms with Crippen molar-refractivity contribution in [2.75, 3.05) is 6.54 Å². The van der Waals surface area contributed by atoms with Gasteiger partial charge in [0.05, 0.1) is 4.83 Å². The van der Waals surface area contributed by atoms with E-state index in [9.17, 15) is 4.79 Å². The zero-order valence-electron chi connectivity index (χ0n) is 9.61. The topological polar surface area (TPSA) is 42.0 Å². The summed E-state index contributed by atoms with van der Waals surface area (Å²) in [7, 11) is 0. The highest BCUT2D eigenvalue weighted by Gasteiger charge is 2.17. The molecule has 0 aliphatic carbocycles. The second-order valence-corrected chi connectivity index (χ2v) is 4.99. The minimum atomic E-state index is -0.115. The Labute approximate surface area is 105 Å². The Balaban J connectivity index is 2.28. The summed E-state index contributed by atoms with van der Waals surface area (Å²) >= 11 is 3.37. The van der Waals surface area contributed by atoms with Crippen molar-refractivity contribution in [3.05, 3.63) is 30.1 Å². The summed E-state index contributed by atoms with van der Waals surface area (Å²) in [5, 5.41) is 2.89. The van der Waals surface area contributed by atoms with Crippen LogP contribution < -0.4 is 5.32 Å². The predicted octanol–water partition coefficient (Wildman–Crippen LogP) is 2.16. The lowest BCUT2D eigenvalue weighted by atomic mass is 10.1. The molecular formula is C12H17BrN2O. The SMILES string of the molecule is CC(C)C(Br)C(=O)NCCc1ccccn1. The Hall–Kier alpha value is -0.900. The maximum absolute atomic E-state index is 11.6. The number of hydrogen-bond acceptors (Lipinski definition) is 2. The molecule has 0 aliphatic rings. The van der Waals surface area contributed by atoms with Gasteiger partial charge >= 0.3 is 0 Å². The van der Waals surface area contributed by atoms with Gasteiger partial charge in [0.25, 0.3) is 0 Å². The number of amides is 1. The van der Waals surface area contributed by atoms with E-state index in [0.717, 1.165) is 12.1 Å². The van der Waals surface area contributed by atoms with Gasteiger partial charge in [-0.25, -0.2) is 0 Å². The van der Waals surface area contributed by atoms with Gasteiger partial charge in [-0.1, -0.05) is 35.8 Å². The molecule has 3 nitrogen and oxygen atoms in total. The molecule has 0 aliphatic heterocycles. The van der Waals surface area contributed by atoms with Crippen molar-refractivity contribution in [3.63, 3.8) is 0 Å². The quantitative estimate of drug-likeness (QED) is 0.842. The Bertz CT molecular complexity index is 327. The molecule has 1 atom stereocenters. The molecule has 0 radical (unpaired) electrons. The van der Waals surface area contributed by atoms with Gasteiger partial charge in [0, 0.05) is 24.9 Å². The number of carbonyl (C=O) groups is 1. The first-order valence-corrected chi connectivity index (χ1v) is 6.34. The van der Waals surface area contributed by atoms with Crippen molar-refractivity contribution >= 4 is 21.8 Å². The third-order valence-corrected chi connectivity index (χ3v) is 3.72. The van der Waals surface area contributed by atoms with E-state index >= 15 is 0 Å². The molecule has 0 spiro atoms.